The highest BCUT2D eigenvalue weighted by Crippen LogP contribution is 2.28. The van der Waals surface area contributed by atoms with Crippen LogP contribution in [0, 0.1) is 6.92 Å². The Morgan fingerprint density at radius 1 is 1.48 bits per heavy atom. The van der Waals surface area contributed by atoms with Gasteiger partial charge in [-0.3, -0.25) is 4.79 Å². The number of halogens is 3. The third-order valence-electron chi connectivity index (χ3n) is 3.23. The Morgan fingerprint density at radius 2 is 2.26 bits per heavy atom. The topological polar surface area (TPSA) is 59.6 Å². The van der Waals surface area contributed by atoms with Crippen LogP contribution in [0.1, 0.15) is 12.0 Å². The van der Waals surface area contributed by atoms with E-state index in [1.54, 1.807) is 13.0 Å². The van der Waals surface area contributed by atoms with Gasteiger partial charge in [0.2, 0.25) is 5.91 Å². The number of hydrogen-bond donors (Lipinski definition) is 2. The summed E-state index contributed by atoms with van der Waals surface area (Å²) in [4.78, 5) is 12.0. The van der Waals surface area contributed by atoms with E-state index < -0.39 is 12.8 Å². The highest BCUT2D eigenvalue weighted by molar-refractivity contribution is 5.92. The van der Waals surface area contributed by atoms with Crippen LogP contribution in [-0.4, -0.2) is 44.5 Å². The minimum Gasteiger partial charge on any atom is -0.482 e. The summed E-state index contributed by atoms with van der Waals surface area (Å²) in [5.74, 6) is -0.308. The summed E-state index contributed by atoms with van der Waals surface area (Å²) < 4.78 is 47.0. The summed E-state index contributed by atoms with van der Waals surface area (Å²) in [6, 6.07) is 4.58. The predicted octanol–water partition coefficient (Wildman–Crippen LogP) is 2.25. The molecule has 128 valence electrons. The first kappa shape index (κ1) is 17.6. The lowest BCUT2D eigenvalue weighted by Gasteiger charge is -2.23. The van der Waals surface area contributed by atoms with Crippen molar-refractivity contribution in [2.24, 2.45) is 0 Å². The van der Waals surface area contributed by atoms with E-state index in [0.29, 0.717) is 19.8 Å². The van der Waals surface area contributed by atoms with Gasteiger partial charge in [0.15, 0.2) is 6.61 Å². The molecular formula is C15H19F3N2O3. The second-order valence-corrected chi connectivity index (χ2v) is 5.38. The molecule has 0 radical (unpaired) electrons. The number of amides is 1. The lowest BCUT2D eigenvalue weighted by molar-refractivity contribution is -0.153. The lowest BCUT2D eigenvalue weighted by Crippen LogP contribution is -2.43. The molecular weight excluding hydrogens is 313 g/mol. The van der Waals surface area contributed by atoms with Crippen molar-refractivity contribution in [3.8, 4) is 5.75 Å². The van der Waals surface area contributed by atoms with Gasteiger partial charge in [-0.15, -0.1) is 0 Å². The van der Waals surface area contributed by atoms with Gasteiger partial charge < -0.3 is 20.1 Å². The van der Waals surface area contributed by atoms with Crippen molar-refractivity contribution >= 4 is 11.6 Å². The number of aryl methyl sites for hydroxylation is 1. The summed E-state index contributed by atoms with van der Waals surface area (Å²) in [7, 11) is 0. The largest absolute Gasteiger partial charge is 0.482 e. The molecule has 1 fully saturated rings. The number of alkyl halides is 3. The summed E-state index contributed by atoms with van der Waals surface area (Å²) in [5.41, 5.74) is 0.962. The fraction of sp³-hybridized carbons (Fsp3) is 0.533. The molecule has 0 aromatic heterocycles. The molecule has 2 N–H and O–H groups in total. The van der Waals surface area contributed by atoms with Crippen LogP contribution >= 0.6 is 0 Å². The molecule has 5 nitrogen and oxygen atoms in total. The number of benzene rings is 1. The smallest absolute Gasteiger partial charge is 0.422 e. The Kier molecular flexibility index (Phi) is 5.84. The Hall–Kier alpha value is -1.80. The van der Waals surface area contributed by atoms with Gasteiger partial charge in [0, 0.05) is 19.0 Å². The van der Waals surface area contributed by atoms with Gasteiger partial charge in [-0.25, -0.2) is 0 Å². The normalized spacial score (nSPS) is 18.5. The summed E-state index contributed by atoms with van der Waals surface area (Å²) >= 11 is 0. The molecule has 23 heavy (non-hydrogen) atoms. The number of anilines is 1. The molecule has 0 spiro atoms. The van der Waals surface area contributed by atoms with E-state index in [0.717, 1.165) is 5.56 Å². The summed E-state index contributed by atoms with van der Waals surface area (Å²) in [6.07, 6.45) is -4.26. The van der Waals surface area contributed by atoms with Crippen LogP contribution in [0.5, 0.6) is 5.75 Å². The number of carbonyl (C=O) groups is 1. The minimum atomic E-state index is -4.44. The first-order valence-electron chi connectivity index (χ1n) is 7.25. The minimum absolute atomic E-state index is 0.00327. The van der Waals surface area contributed by atoms with E-state index >= 15 is 0 Å². The van der Waals surface area contributed by atoms with Gasteiger partial charge in [0.1, 0.15) is 5.75 Å². The molecule has 1 heterocycles. The second-order valence-electron chi connectivity index (χ2n) is 5.38. The monoisotopic (exact) mass is 332 g/mol. The maximum Gasteiger partial charge on any atom is 0.422 e. The van der Waals surface area contributed by atoms with Crippen LogP contribution in [0.2, 0.25) is 0 Å². The van der Waals surface area contributed by atoms with Crippen LogP contribution < -0.4 is 15.4 Å². The zero-order chi connectivity index (χ0) is 16.9. The van der Waals surface area contributed by atoms with E-state index in [9.17, 15) is 18.0 Å². The SMILES string of the molecule is Cc1ccc(NC(=O)CC2COCCN2)c(OCC(F)(F)F)c1. The van der Waals surface area contributed by atoms with Crippen molar-refractivity contribution in [2.45, 2.75) is 25.6 Å². The Bertz CT molecular complexity index is 543. The van der Waals surface area contributed by atoms with E-state index in [1.807, 2.05) is 0 Å². The Labute approximate surface area is 132 Å². The summed E-state index contributed by atoms with van der Waals surface area (Å²) in [6.45, 7) is 2.03. The molecule has 1 amide bonds. The van der Waals surface area contributed by atoms with Crippen molar-refractivity contribution in [2.75, 3.05) is 31.7 Å². The first-order chi connectivity index (χ1) is 10.8. The fourth-order valence-corrected chi connectivity index (χ4v) is 2.19. The van der Waals surface area contributed by atoms with E-state index in [1.165, 1.54) is 12.1 Å². The van der Waals surface area contributed by atoms with Crippen molar-refractivity contribution in [1.82, 2.24) is 5.32 Å². The van der Waals surface area contributed by atoms with Crippen molar-refractivity contribution in [1.29, 1.82) is 0 Å². The molecule has 1 atom stereocenters. The van der Waals surface area contributed by atoms with Gasteiger partial charge in [0.25, 0.3) is 0 Å². The molecule has 1 aromatic carbocycles. The van der Waals surface area contributed by atoms with Crippen molar-refractivity contribution < 1.29 is 27.4 Å². The number of nitrogens with one attached hydrogen (secondary N) is 2. The number of rotatable bonds is 5. The Balaban J connectivity index is 1.98. The maximum absolute atomic E-state index is 12.3. The summed E-state index contributed by atoms with van der Waals surface area (Å²) in [5, 5.41) is 5.73. The number of carbonyl (C=O) groups excluding carboxylic acids is 1. The van der Waals surface area contributed by atoms with Crippen LogP contribution in [0.4, 0.5) is 18.9 Å². The molecule has 1 unspecified atom stereocenters. The molecule has 1 aliphatic heterocycles. The zero-order valence-corrected chi connectivity index (χ0v) is 12.7. The zero-order valence-electron chi connectivity index (χ0n) is 12.7. The lowest BCUT2D eigenvalue weighted by atomic mass is 10.1. The molecule has 8 heteroatoms. The van der Waals surface area contributed by atoms with Gasteiger partial charge in [0.05, 0.1) is 18.9 Å². The first-order valence-corrected chi connectivity index (χ1v) is 7.25. The van der Waals surface area contributed by atoms with E-state index in [4.69, 9.17) is 9.47 Å². The average molecular weight is 332 g/mol. The molecule has 1 aliphatic rings. The molecule has 1 aromatic rings. The Morgan fingerprint density at radius 3 is 2.91 bits per heavy atom. The van der Waals surface area contributed by atoms with E-state index in [-0.39, 0.29) is 29.8 Å². The maximum atomic E-state index is 12.3. The van der Waals surface area contributed by atoms with Crippen LogP contribution in [0.15, 0.2) is 18.2 Å². The number of ether oxygens (including phenoxy) is 2. The average Bonchev–Trinajstić information content (AvgIpc) is 2.47. The standard InChI is InChI=1S/C15H19F3N2O3/c1-10-2-3-12(13(6-10)23-9-15(16,17)18)20-14(21)7-11-8-22-5-4-19-11/h2-3,6,11,19H,4-5,7-9H2,1H3,(H,20,21). The second kappa shape index (κ2) is 7.65. The van der Waals surface area contributed by atoms with Crippen LogP contribution in [0.25, 0.3) is 0 Å². The van der Waals surface area contributed by atoms with Gasteiger partial charge in [-0.05, 0) is 24.6 Å². The molecule has 0 bridgehead atoms. The van der Waals surface area contributed by atoms with Crippen LogP contribution in [-0.2, 0) is 9.53 Å². The number of morpholine rings is 1. The molecule has 0 aliphatic carbocycles. The predicted molar refractivity (Wildman–Crippen MR) is 78.6 cm³/mol. The molecule has 2 rings (SSSR count). The highest BCUT2D eigenvalue weighted by Gasteiger charge is 2.29. The van der Waals surface area contributed by atoms with Gasteiger partial charge in [-0.2, -0.15) is 13.2 Å². The third kappa shape index (κ3) is 6.07. The van der Waals surface area contributed by atoms with Crippen LogP contribution in [0.3, 0.4) is 0 Å². The fourth-order valence-electron chi connectivity index (χ4n) is 2.19. The third-order valence-corrected chi connectivity index (χ3v) is 3.23. The van der Waals surface area contributed by atoms with Crippen molar-refractivity contribution in [3.63, 3.8) is 0 Å². The highest BCUT2D eigenvalue weighted by atomic mass is 19.4. The number of hydrogen-bond acceptors (Lipinski definition) is 4. The van der Waals surface area contributed by atoms with E-state index in [2.05, 4.69) is 10.6 Å². The molecule has 1 saturated heterocycles. The van der Waals surface area contributed by atoms with Crippen molar-refractivity contribution in [3.05, 3.63) is 23.8 Å². The molecule has 0 saturated carbocycles. The quantitative estimate of drug-likeness (QED) is 0.868. The van der Waals surface area contributed by atoms with Gasteiger partial charge in [-0.1, -0.05) is 6.07 Å². The van der Waals surface area contributed by atoms with Gasteiger partial charge >= 0.3 is 6.18 Å².